The van der Waals surface area contributed by atoms with E-state index in [-0.39, 0.29) is 18.6 Å². The van der Waals surface area contributed by atoms with Crippen molar-refractivity contribution >= 4 is 29.9 Å². The first kappa shape index (κ1) is 16.5. The van der Waals surface area contributed by atoms with Crippen molar-refractivity contribution in [3.63, 3.8) is 0 Å². The lowest BCUT2D eigenvalue weighted by Crippen LogP contribution is -2.46. The minimum absolute atomic E-state index is 0. The van der Waals surface area contributed by atoms with Crippen LogP contribution < -0.4 is 10.2 Å². The number of rotatable bonds is 2. The van der Waals surface area contributed by atoms with Gasteiger partial charge < -0.3 is 15.1 Å². The molecule has 0 amide bonds. The summed E-state index contributed by atoms with van der Waals surface area (Å²) in [6.45, 7) is 1.88. The maximum atomic E-state index is 4.77. The number of benzene rings is 1. The number of para-hydroxylation sites is 1. The third-order valence-corrected chi connectivity index (χ3v) is 4.24. The summed E-state index contributed by atoms with van der Waals surface area (Å²) in [6.07, 6.45) is 4.90. The number of aliphatic imine (C=N–C) groups is 1. The molecule has 1 aromatic carbocycles. The van der Waals surface area contributed by atoms with Crippen molar-refractivity contribution in [2.45, 2.75) is 12.6 Å². The number of anilines is 2. The molecule has 4 rings (SSSR count). The fraction of sp³-hybridized carbons (Fsp3) is 0.353. The van der Waals surface area contributed by atoms with E-state index in [4.69, 9.17) is 4.99 Å². The van der Waals surface area contributed by atoms with E-state index in [0.717, 1.165) is 42.5 Å². The van der Waals surface area contributed by atoms with Crippen LogP contribution in [-0.2, 0) is 0 Å². The third-order valence-electron chi connectivity index (χ3n) is 4.24. The second kappa shape index (κ2) is 6.65. The van der Waals surface area contributed by atoms with Crippen LogP contribution in [0.5, 0.6) is 0 Å². The van der Waals surface area contributed by atoms with Crippen LogP contribution in [0.25, 0.3) is 0 Å². The number of nitrogens with zero attached hydrogens (tertiary/aromatic N) is 5. The molecular formula is C17H21ClN6. The smallest absolute Gasteiger partial charge is 0.224 e. The summed E-state index contributed by atoms with van der Waals surface area (Å²) in [5.74, 6) is 1.80. The second-order valence-corrected chi connectivity index (χ2v) is 6.06. The average molecular weight is 345 g/mol. The largest absolute Gasteiger partial charge is 0.361 e. The molecule has 0 radical (unpaired) electrons. The fourth-order valence-corrected chi connectivity index (χ4v) is 3.11. The molecule has 1 atom stereocenters. The summed E-state index contributed by atoms with van der Waals surface area (Å²) < 4.78 is 0. The number of fused-ring (bicyclic) bond motifs is 3. The Balaban J connectivity index is 0.00000169. The molecule has 0 aliphatic carbocycles. The van der Waals surface area contributed by atoms with Gasteiger partial charge in [0.1, 0.15) is 12.0 Å². The fourth-order valence-electron chi connectivity index (χ4n) is 3.11. The molecule has 2 aromatic rings. The summed E-state index contributed by atoms with van der Waals surface area (Å²) >= 11 is 0. The molecule has 126 valence electrons. The Kier molecular flexibility index (Phi) is 4.57. The minimum Gasteiger partial charge on any atom is -0.361 e. The van der Waals surface area contributed by atoms with Crippen LogP contribution in [0.4, 0.5) is 11.6 Å². The van der Waals surface area contributed by atoms with Gasteiger partial charge in [-0.3, -0.25) is 4.99 Å². The van der Waals surface area contributed by atoms with Crippen molar-refractivity contribution in [3.8, 4) is 0 Å². The molecule has 1 aromatic heterocycles. The lowest BCUT2D eigenvalue weighted by atomic mass is 10.0. The van der Waals surface area contributed by atoms with Gasteiger partial charge >= 0.3 is 0 Å². The first-order valence-corrected chi connectivity index (χ1v) is 7.90. The highest BCUT2D eigenvalue weighted by molar-refractivity contribution is 6.05. The zero-order chi connectivity index (χ0) is 15.8. The number of nitrogens with one attached hydrogen (secondary N) is 1. The van der Waals surface area contributed by atoms with Crippen LogP contribution in [0.15, 0.2) is 41.7 Å². The van der Waals surface area contributed by atoms with E-state index in [0.29, 0.717) is 0 Å². The van der Waals surface area contributed by atoms with Gasteiger partial charge in [0.2, 0.25) is 5.95 Å². The normalized spacial score (nSPS) is 18.5. The monoisotopic (exact) mass is 344 g/mol. The van der Waals surface area contributed by atoms with Gasteiger partial charge in [-0.1, -0.05) is 12.1 Å². The lowest BCUT2D eigenvalue weighted by Gasteiger charge is -2.42. The van der Waals surface area contributed by atoms with Crippen LogP contribution in [0.2, 0.25) is 0 Å². The highest BCUT2D eigenvalue weighted by Crippen LogP contribution is 2.34. The number of amidine groups is 1. The molecule has 24 heavy (non-hydrogen) atoms. The number of hydrogen-bond donors (Lipinski definition) is 1. The van der Waals surface area contributed by atoms with Crippen LogP contribution in [0.1, 0.15) is 23.7 Å². The quantitative estimate of drug-likeness (QED) is 0.907. The number of halogens is 1. The number of hydrogen-bond acceptors (Lipinski definition) is 6. The molecule has 0 spiro atoms. The Morgan fingerprint density at radius 2 is 1.92 bits per heavy atom. The Labute approximate surface area is 148 Å². The van der Waals surface area contributed by atoms with Gasteiger partial charge in [0.05, 0.1) is 0 Å². The van der Waals surface area contributed by atoms with Gasteiger partial charge in [-0.15, -0.1) is 12.4 Å². The summed E-state index contributed by atoms with van der Waals surface area (Å²) in [5, 5.41) is 3.61. The molecule has 0 fully saturated rings. The summed E-state index contributed by atoms with van der Waals surface area (Å²) in [5.41, 5.74) is 3.35. The Bertz CT molecular complexity index is 743. The number of aromatic nitrogens is 2. The van der Waals surface area contributed by atoms with Gasteiger partial charge in [0.15, 0.2) is 0 Å². The Morgan fingerprint density at radius 3 is 2.67 bits per heavy atom. The van der Waals surface area contributed by atoms with E-state index in [9.17, 15) is 0 Å². The molecule has 3 heterocycles. The molecule has 1 N–H and O–H groups in total. The van der Waals surface area contributed by atoms with Crippen molar-refractivity contribution in [3.05, 3.63) is 47.8 Å². The van der Waals surface area contributed by atoms with Crippen LogP contribution in [0.3, 0.4) is 0 Å². The van der Waals surface area contributed by atoms with Crippen LogP contribution in [0, 0.1) is 0 Å². The van der Waals surface area contributed by atoms with E-state index >= 15 is 0 Å². The summed E-state index contributed by atoms with van der Waals surface area (Å²) in [6, 6.07) is 8.34. The van der Waals surface area contributed by atoms with Crippen molar-refractivity contribution in [1.29, 1.82) is 0 Å². The van der Waals surface area contributed by atoms with Gasteiger partial charge in [-0.2, -0.15) is 0 Å². The van der Waals surface area contributed by atoms with Crippen LogP contribution >= 0.6 is 12.4 Å². The van der Waals surface area contributed by atoms with E-state index in [2.05, 4.69) is 38.4 Å². The van der Waals surface area contributed by atoms with Gasteiger partial charge in [0, 0.05) is 56.4 Å². The summed E-state index contributed by atoms with van der Waals surface area (Å²) in [4.78, 5) is 17.9. The van der Waals surface area contributed by atoms with Crippen molar-refractivity contribution < 1.29 is 0 Å². The topological polar surface area (TPSA) is 56.7 Å². The molecule has 7 heteroatoms. The second-order valence-electron chi connectivity index (χ2n) is 6.06. The van der Waals surface area contributed by atoms with E-state index < -0.39 is 0 Å². The predicted octanol–water partition coefficient (Wildman–Crippen LogP) is 2.54. The Morgan fingerprint density at radius 1 is 1.17 bits per heavy atom. The maximum Gasteiger partial charge on any atom is 0.224 e. The van der Waals surface area contributed by atoms with Crippen LogP contribution in [-0.4, -0.2) is 47.9 Å². The van der Waals surface area contributed by atoms with E-state index in [1.54, 1.807) is 0 Å². The minimum atomic E-state index is 0. The third kappa shape index (κ3) is 2.78. The van der Waals surface area contributed by atoms with Crippen molar-refractivity contribution in [2.24, 2.45) is 4.99 Å². The zero-order valence-electron chi connectivity index (χ0n) is 13.8. The standard InChI is InChI=1S/C17H20N6.ClH/c1-22(2)17-19-10-12(11-20-17)15-21-14-7-4-3-6-13(14)16-18-8-5-9-23(15)16;/h3-4,6-7,10-11,15,21H,5,8-9H2,1-2H3;1H. The first-order chi connectivity index (χ1) is 11.2. The highest BCUT2D eigenvalue weighted by atomic mass is 35.5. The molecule has 0 saturated heterocycles. The zero-order valence-corrected chi connectivity index (χ0v) is 14.6. The maximum absolute atomic E-state index is 4.77. The van der Waals surface area contributed by atoms with E-state index in [1.807, 2.05) is 37.5 Å². The summed E-state index contributed by atoms with van der Waals surface area (Å²) in [7, 11) is 3.89. The average Bonchev–Trinajstić information content (AvgIpc) is 2.61. The highest BCUT2D eigenvalue weighted by Gasteiger charge is 2.32. The SMILES string of the molecule is CN(C)c1ncc(C2Nc3ccccc3C3=NCCCN32)cn1.Cl. The molecule has 1 unspecified atom stereocenters. The van der Waals surface area contributed by atoms with Crippen molar-refractivity contribution in [2.75, 3.05) is 37.4 Å². The van der Waals surface area contributed by atoms with E-state index in [1.165, 1.54) is 5.56 Å². The molecule has 6 nitrogen and oxygen atoms in total. The molecule has 0 saturated carbocycles. The molecule has 2 aliphatic rings. The lowest BCUT2D eigenvalue weighted by molar-refractivity contribution is 0.321. The molecular weight excluding hydrogens is 324 g/mol. The van der Waals surface area contributed by atoms with Gasteiger partial charge in [-0.25, -0.2) is 9.97 Å². The van der Waals surface area contributed by atoms with Crippen molar-refractivity contribution in [1.82, 2.24) is 14.9 Å². The van der Waals surface area contributed by atoms with Gasteiger partial charge in [-0.05, 0) is 18.6 Å². The van der Waals surface area contributed by atoms with Gasteiger partial charge in [0.25, 0.3) is 0 Å². The first-order valence-electron chi connectivity index (χ1n) is 7.90. The molecule has 2 aliphatic heterocycles. The Hall–Kier alpha value is -2.34. The molecule has 0 bridgehead atoms. The predicted molar refractivity (Wildman–Crippen MR) is 99.1 cm³/mol.